The molecule has 0 unspecified atom stereocenters. The number of halogens is 2. The van der Waals surface area contributed by atoms with Gasteiger partial charge in [0.1, 0.15) is 5.75 Å². The highest BCUT2D eigenvalue weighted by atomic mass is 79.9. The fraction of sp³-hybridized carbons (Fsp3) is 0.364. The summed E-state index contributed by atoms with van der Waals surface area (Å²) in [6.45, 7) is 2.14. The van der Waals surface area contributed by atoms with Gasteiger partial charge in [-0.25, -0.2) is 4.79 Å². The van der Waals surface area contributed by atoms with Crippen LogP contribution < -0.4 is 4.74 Å². The number of hydrogen-bond acceptors (Lipinski definition) is 3. The summed E-state index contributed by atoms with van der Waals surface area (Å²) in [5, 5.41) is 0.621. The number of esters is 1. The Balaban J connectivity index is 3.15. The van der Waals surface area contributed by atoms with Crippen molar-refractivity contribution in [1.29, 1.82) is 0 Å². The van der Waals surface area contributed by atoms with Crippen molar-refractivity contribution in [3.8, 4) is 5.75 Å². The van der Waals surface area contributed by atoms with Crippen LogP contribution in [0.1, 0.15) is 22.8 Å². The topological polar surface area (TPSA) is 35.5 Å². The minimum atomic E-state index is -0.334. The smallest absolute Gasteiger partial charge is 0.339 e. The van der Waals surface area contributed by atoms with Crippen molar-refractivity contribution in [2.45, 2.75) is 12.3 Å². The Morgan fingerprint density at radius 3 is 2.62 bits per heavy atom. The summed E-state index contributed by atoms with van der Waals surface area (Å²) >= 11 is 6.67. The number of hydrogen-bond donors (Lipinski definition) is 0. The van der Waals surface area contributed by atoms with E-state index in [2.05, 4.69) is 31.9 Å². The summed E-state index contributed by atoms with van der Waals surface area (Å²) in [4.78, 5) is 11.6. The SMILES string of the molecule is CCOC(=O)c1cc(CBr)c(OC)cc1Br. The van der Waals surface area contributed by atoms with E-state index in [0.29, 0.717) is 22.0 Å². The van der Waals surface area contributed by atoms with Gasteiger partial charge in [0, 0.05) is 15.4 Å². The maximum absolute atomic E-state index is 11.6. The molecular weight excluding hydrogens is 340 g/mol. The lowest BCUT2D eigenvalue weighted by atomic mass is 10.1. The van der Waals surface area contributed by atoms with E-state index in [-0.39, 0.29) is 5.97 Å². The molecule has 0 atom stereocenters. The van der Waals surface area contributed by atoms with Crippen molar-refractivity contribution >= 4 is 37.8 Å². The molecule has 0 fully saturated rings. The third kappa shape index (κ3) is 2.98. The third-order valence-electron chi connectivity index (χ3n) is 2.01. The normalized spacial score (nSPS) is 10.0. The van der Waals surface area contributed by atoms with Crippen molar-refractivity contribution in [2.24, 2.45) is 0 Å². The Morgan fingerprint density at radius 2 is 2.12 bits per heavy atom. The molecule has 0 radical (unpaired) electrons. The second-order valence-corrected chi connectivity index (χ2v) is 4.41. The van der Waals surface area contributed by atoms with Gasteiger partial charge in [-0.2, -0.15) is 0 Å². The minimum Gasteiger partial charge on any atom is -0.496 e. The standard InChI is InChI=1S/C11H12Br2O3/c1-3-16-11(14)8-4-7(6-12)10(15-2)5-9(8)13/h4-5H,3,6H2,1-2H3. The molecule has 3 nitrogen and oxygen atoms in total. The van der Waals surface area contributed by atoms with Crippen molar-refractivity contribution in [3.63, 3.8) is 0 Å². The highest BCUT2D eigenvalue weighted by molar-refractivity contribution is 9.10. The lowest BCUT2D eigenvalue weighted by Crippen LogP contribution is -2.06. The second kappa shape index (κ2) is 6.25. The fourth-order valence-corrected chi connectivity index (χ4v) is 2.18. The Labute approximate surface area is 111 Å². The molecule has 0 aliphatic rings. The van der Waals surface area contributed by atoms with E-state index in [1.807, 2.05) is 0 Å². The quantitative estimate of drug-likeness (QED) is 0.615. The van der Waals surface area contributed by atoms with Gasteiger partial charge in [0.05, 0.1) is 19.3 Å². The fourth-order valence-electron chi connectivity index (χ4n) is 1.26. The van der Waals surface area contributed by atoms with Gasteiger partial charge in [-0.1, -0.05) is 15.9 Å². The predicted octanol–water partition coefficient (Wildman–Crippen LogP) is 3.53. The molecule has 0 spiro atoms. The Kier molecular flexibility index (Phi) is 5.28. The second-order valence-electron chi connectivity index (χ2n) is 3.00. The number of benzene rings is 1. The van der Waals surface area contributed by atoms with E-state index in [1.54, 1.807) is 26.2 Å². The molecule has 1 aromatic rings. The van der Waals surface area contributed by atoms with Gasteiger partial charge in [-0.05, 0) is 35.0 Å². The highest BCUT2D eigenvalue weighted by Gasteiger charge is 2.15. The zero-order valence-electron chi connectivity index (χ0n) is 9.05. The monoisotopic (exact) mass is 350 g/mol. The molecule has 1 rings (SSSR count). The van der Waals surface area contributed by atoms with Crippen molar-refractivity contribution < 1.29 is 14.3 Å². The molecule has 0 bridgehead atoms. The minimum absolute atomic E-state index is 0.334. The molecule has 0 aromatic heterocycles. The third-order valence-corrected chi connectivity index (χ3v) is 3.27. The molecule has 0 N–H and O–H groups in total. The van der Waals surface area contributed by atoms with E-state index in [0.717, 1.165) is 11.3 Å². The molecule has 16 heavy (non-hydrogen) atoms. The van der Waals surface area contributed by atoms with Crippen molar-refractivity contribution in [1.82, 2.24) is 0 Å². The van der Waals surface area contributed by atoms with Crippen LogP contribution in [0.25, 0.3) is 0 Å². The summed E-state index contributed by atoms with van der Waals surface area (Å²) in [6, 6.07) is 3.53. The average molecular weight is 352 g/mol. The van der Waals surface area contributed by atoms with Gasteiger partial charge >= 0.3 is 5.97 Å². The summed E-state index contributed by atoms with van der Waals surface area (Å²) in [5.41, 5.74) is 1.42. The predicted molar refractivity (Wildman–Crippen MR) is 69.3 cm³/mol. The number of carbonyl (C=O) groups excluding carboxylic acids is 1. The van der Waals surface area contributed by atoms with Crippen LogP contribution in [0.4, 0.5) is 0 Å². The van der Waals surface area contributed by atoms with E-state index in [9.17, 15) is 4.79 Å². The number of alkyl halides is 1. The Morgan fingerprint density at radius 1 is 1.44 bits per heavy atom. The van der Waals surface area contributed by atoms with E-state index in [1.165, 1.54) is 0 Å². The lowest BCUT2D eigenvalue weighted by molar-refractivity contribution is 0.0525. The zero-order valence-corrected chi connectivity index (χ0v) is 12.2. The summed E-state index contributed by atoms with van der Waals surface area (Å²) in [5.74, 6) is 0.399. The molecule has 0 heterocycles. The maximum atomic E-state index is 11.6. The first-order valence-corrected chi connectivity index (χ1v) is 6.65. The molecule has 0 saturated heterocycles. The van der Waals surface area contributed by atoms with Crippen LogP contribution in [0.2, 0.25) is 0 Å². The van der Waals surface area contributed by atoms with Gasteiger partial charge in [0.15, 0.2) is 0 Å². The van der Waals surface area contributed by atoms with Crippen LogP contribution in [0.15, 0.2) is 16.6 Å². The van der Waals surface area contributed by atoms with Crippen LogP contribution in [0.3, 0.4) is 0 Å². The lowest BCUT2D eigenvalue weighted by Gasteiger charge is -2.10. The van der Waals surface area contributed by atoms with E-state index < -0.39 is 0 Å². The first-order valence-electron chi connectivity index (χ1n) is 4.73. The Hall–Kier alpha value is -0.550. The summed E-state index contributed by atoms with van der Waals surface area (Å²) < 4.78 is 10.8. The van der Waals surface area contributed by atoms with Gasteiger partial charge in [-0.15, -0.1) is 0 Å². The van der Waals surface area contributed by atoms with Crippen LogP contribution >= 0.6 is 31.9 Å². The van der Waals surface area contributed by atoms with Crippen LogP contribution in [0, 0.1) is 0 Å². The van der Waals surface area contributed by atoms with Crippen LogP contribution in [0.5, 0.6) is 5.75 Å². The first-order chi connectivity index (χ1) is 7.63. The Bertz CT molecular complexity index is 391. The number of methoxy groups -OCH3 is 1. The van der Waals surface area contributed by atoms with Crippen LogP contribution in [-0.4, -0.2) is 19.7 Å². The van der Waals surface area contributed by atoms with Gasteiger partial charge in [0.25, 0.3) is 0 Å². The summed E-state index contributed by atoms with van der Waals surface area (Å²) in [6.07, 6.45) is 0. The zero-order chi connectivity index (χ0) is 12.1. The first kappa shape index (κ1) is 13.5. The van der Waals surface area contributed by atoms with Crippen molar-refractivity contribution in [3.05, 3.63) is 27.7 Å². The molecule has 0 aliphatic carbocycles. The van der Waals surface area contributed by atoms with Gasteiger partial charge in [0.2, 0.25) is 0 Å². The van der Waals surface area contributed by atoms with Gasteiger partial charge in [-0.3, -0.25) is 0 Å². The summed E-state index contributed by atoms with van der Waals surface area (Å²) in [7, 11) is 1.60. The molecular formula is C11H12Br2O3. The van der Waals surface area contributed by atoms with Crippen LogP contribution in [-0.2, 0) is 10.1 Å². The number of ether oxygens (including phenoxy) is 2. The number of rotatable bonds is 4. The molecule has 0 amide bonds. The highest BCUT2D eigenvalue weighted by Crippen LogP contribution is 2.29. The molecule has 0 aliphatic heterocycles. The van der Waals surface area contributed by atoms with Crippen molar-refractivity contribution in [2.75, 3.05) is 13.7 Å². The molecule has 1 aromatic carbocycles. The maximum Gasteiger partial charge on any atom is 0.339 e. The molecule has 0 saturated carbocycles. The van der Waals surface area contributed by atoms with E-state index >= 15 is 0 Å². The average Bonchev–Trinajstić information content (AvgIpc) is 2.28. The molecule has 88 valence electrons. The largest absolute Gasteiger partial charge is 0.496 e. The van der Waals surface area contributed by atoms with E-state index in [4.69, 9.17) is 9.47 Å². The molecule has 5 heteroatoms. The van der Waals surface area contributed by atoms with Gasteiger partial charge < -0.3 is 9.47 Å². The number of carbonyl (C=O) groups is 1.